The van der Waals surface area contributed by atoms with Gasteiger partial charge >= 0.3 is 0 Å². The van der Waals surface area contributed by atoms with Gasteiger partial charge in [0, 0.05) is 37.8 Å². The zero-order chi connectivity index (χ0) is 16.3. The van der Waals surface area contributed by atoms with Crippen LogP contribution < -0.4 is 0 Å². The van der Waals surface area contributed by atoms with Crippen LogP contribution in [0.5, 0.6) is 0 Å². The Morgan fingerprint density at radius 3 is 2.68 bits per heavy atom. The van der Waals surface area contributed by atoms with Crippen molar-refractivity contribution >= 4 is 5.91 Å². The highest BCUT2D eigenvalue weighted by molar-refractivity contribution is 5.76. The zero-order valence-electron chi connectivity index (χ0n) is 14.0. The van der Waals surface area contributed by atoms with Crippen molar-refractivity contribution in [1.29, 1.82) is 0 Å². The molecule has 0 aromatic carbocycles. The smallest absolute Gasteiger partial charge is 0.227 e. The minimum Gasteiger partial charge on any atom is -0.393 e. The van der Waals surface area contributed by atoms with Crippen LogP contribution in [0.4, 0.5) is 0 Å². The summed E-state index contributed by atoms with van der Waals surface area (Å²) in [5, 5.41) is 13.8. The van der Waals surface area contributed by atoms with Gasteiger partial charge in [-0.1, -0.05) is 32.3 Å². The van der Waals surface area contributed by atoms with E-state index in [0.29, 0.717) is 31.1 Å². The summed E-state index contributed by atoms with van der Waals surface area (Å²) in [6.07, 6.45) is 3.44. The first-order valence-electron chi connectivity index (χ1n) is 8.02. The lowest BCUT2D eigenvalue weighted by molar-refractivity contribution is -0.130. The van der Waals surface area contributed by atoms with Crippen LogP contribution in [0.2, 0.25) is 0 Å². The summed E-state index contributed by atoms with van der Waals surface area (Å²) in [5.41, 5.74) is -0.152. The Balaban J connectivity index is 1.80. The van der Waals surface area contributed by atoms with Gasteiger partial charge in [0.2, 0.25) is 11.8 Å². The minimum absolute atomic E-state index is 0.0506. The van der Waals surface area contributed by atoms with Gasteiger partial charge in [-0.3, -0.25) is 4.79 Å². The lowest BCUT2D eigenvalue weighted by atomic mass is 9.96. The topological polar surface area (TPSA) is 79.5 Å². The first kappa shape index (κ1) is 16.9. The predicted molar refractivity (Wildman–Crippen MR) is 82.3 cm³/mol. The molecule has 0 bridgehead atoms. The molecule has 0 saturated heterocycles. The molecular formula is C16H27N3O3. The van der Waals surface area contributed by atoms with E-state index in [0.717, 1.165) is 19.3 Å². The minimum atomic E-state index is -0.263. The molecule has 1 aliphatic rings. The van der Waals surface area contributed by atoms with Crippen molar-refractivity contribution in [3.8, 4) is 0 Å². The number of nitrogens with zero attached hydrogens (tertiary/aromatic N) is 3. The van der Waals surface area contributed by atoms with E-state index in [2.05, 4.69) is 10.1 Å². The number of aliphatic hydroxyl groups excluding tert-OH is 1. The molecule has 2 atom stereocenters. The highest BCUT2D eigenvalue weighted by Gasteiger charge is 2.27. The molecule has 1 fully saturated rings. The Morgan fingerprint density at radius 1 is 1.41 bits per heavy atom. The Morgan fingerprint density at radius 2 is 2.14 bits per heavy atom. The number of amides is 1. The maximum atomic E-state index is 12.2. The van der Waals surface area contributed by atoms with Gasteiger partial charge in [0.25, 0.3) is 0 Å². The van der Waals surface area contributed by atoms with Gasteiger partial charge in [-0.25, -0.2) is 0 Å². The summed E-state index contributed by atoms with van der Waals surface area (Å²) >= 11 is 0. The molecule has 1 heterocycles. The number of aromatic nitrogens is 2. The third kappa shape index (κ3) is 4.29. The van der Waals surface area contributed by atoms with E-state index < -0.39 is 0 Å². The van der Waals surface area contributed by atoms with Gasteiger partial charge in [-0.05, 0) is 12.8 Å². The molecule has 124 valence electrons. The fourth-order valence-corrected chi connectivity index (χ4v) is 2.75. The normalized spacial score (nSPS) is 22.0. The van der Waals surface area contributed by atoms with E-state index in [1.54, 1.807) is 11.9 Å². The van der Waals surface area contributed by atoms with Crippen LogP contribution in [-0.4, -0.2) is 45.8 Å². The van der Waals surface area contributed by atoms with E-state index in [1.807, 2.05) is 20.8 Å². The maximum absolute atomic E-state index is 12.2. The quantitative estimate of drug-likeness (QED) is 0.899. The molecule has 2 unspecified atom stereocenters. The third-order valence-electron chi connectivity index (χ3n) is 4.24. The van der Waals surface area contributed by atoms with Crippen LogP contribution in [0.1, 0.15) is 58.2 Å². The Hall–Kier alpha value is -1.43. The molecule has 1 aliphatic carbocycles. The van der Waals surface area contributed by atoms with E-state index in [-0.39, 0.29) is 23.3 Å². The fourth-order valence-electron chi connectivity index (χ4n) is 2.75. The van der Waals surface area contributed by atoms with E-state index in [1.165, 1.54) is 0 Å². The second kappa shape index (κ2) is 6.77. The van der Waals surface area contributed by atoms with Crippen LogP contribution in [0.15, 0.2) is 4.52 Å². The summed E-state index contributed by atoms with van der Waals surface area (Å²) in [4.78, 5) is 18.2. The molecule has 0 aliphatic heterocycles. The molecule has 6 nitrogen and oxygen atoms in total. The van der Waals surface area contributed by atoms with Crippen molar-refractivity contribution < 1.29 is 14.4 Å². The molecule has 0 radical (unpaired) electrons. The van der Waals surface area contributed by atoms with Crippen LogP contribution in [0.25, 0.3) is 0 Å². The SMILES string of the molecule is CN(CC1CCCC1O)C(=O)CCc1nc(C(C)(C)C)no1. The summed E-state index contributed by atoms with van der Waals surface area (Å²) in [7, 11) is 1.79. The third-order valence-corrected chi connectivity index (χ3v) is 4.24. The molecule has 1 aromatic heterocycles. The first-order valence-corrected chi connectivity index (χ1v) is 8.02. The zero-order valence-corrected chi connectivity index (χ0v) is 14.0. The molecule has 2 rings (SSSR count). The van der Waals surface area contributed by atoms with Gasteiger partial charge < -0.3 is 14.5 Å². The average Bonchev–Trinajstić information content (AvgIpc) is 3.05. The summed E-state index contributed by atoms with van der Waals surface area (Å²) in [5.74, 6) is 1.43. The largest absolute Gasteiger partial charge is 0.393 e. The molecule has 1 aromatic rings. The Kier molecular flexibility index (Phi) is 5.21. The summed E-state index contributed by atoms with van der Waals surface area (Å²) in [6, 6.07) is 0. The van der Waals surface area contributed by atoms with Gasteiger partial charge in [0.05, 0.1) is 6.10 Å². The van der Waals surface area contributed by atoms with Crippen LogP contribution in [0, 0.1) is 5.92 Å². The van der Waals surface area contributed by atoms with Crippen molar-refractivity contribution in [3.63, 3.8) is 0 Å². The predicted octanol–water partition coefficient (Wildman–Crippen LogP) is 1.92. The average molecular weight is 309 g/mol. The highest BCUT2D eigenvalue weighted by atomic mass is 16.5. The van der Waals surface area contributed by atoms with Gasteiger partial charge in [0.15, 0.2) is 5.82 Å². The van der Waals surface area contributed by atoms with Crippen molar-refractivity contribution in [3.05, 3.63) is 11.7 Å². The Bertz CT molecular complexity index is 507. The fraction of sp³-hybridized carbons (Fsp3) is 0.812. The lowest BCUT2D eigenvalue weighted by Gasteiger charge is -2.23. The monoisotopic (exact) mass is 309 g/mol. The summed E-state index contributed by atoms with van der Waals surface area (Å²) in [6.45, 7) is 6.69. The van der Waals surface area contributed by atoms with Crippen molar-refractivity contribution in [2.24, 2.45) is 5.92 Å². The van der Waals surface area contributed by atoms with E-state index in [9.17, 15) is 9.90 Å². The second-order valence-electron chi connectivity index (χ2n) is 7.29. The maximum Gasteiger partial charge on any atom is 0.227 e. The number of aryl methyl sites for hydroxylation is 1. The lowest BCUT2D eigenvalue weighted by Crippen LogP contribution is -2.34. The number of hydrogen-bond acceptors (Lipinski definition) is 5. The van der Waals surface area contributed by atoms with Gasteiger partial charge in [-0.15, -0.1) is 0 Å². The van der Waals surface area contributed by atoms with Crippen molar-refractivity contribution in [1.82, 2.24) is 15.0 Å². The summed E-state index contributed by atoms with van der Waals surface area (Å²) < 4.78 is 5.20. The molecule has 6 heteroatoms. The number of rotatable bonds is 5. The molecule has 1 amide bonds. The molecule has 22 heavy (non-hydrogen) atoms. The number of hydrogen-bond donors (Lipinski definition) is 1. The second-order valence-corrected chi connectivity index (χ2v) is 7.29. The molecule has 0 spiro atoms. The Labute approximate surface area is 131 Å². The first-order chi connectivity index (χ1) is 10.3. The number of carbonyl (C=O) groups excluding carboxylic acids is 1. The van der Waals surface area contributed by atoms with Crippen molar-refractivity contribution in [2.75, 3.05) is 13.6 Å². The molecule has 1 saturated carbocycles. The van der Waals surface area contributed by atoms with Crippen molar-refractivity contribution in [2.45, 2.75) is 64.4 Å². The highest BCUT2D eigenvalue weighted by Crippen LogP contribution is 2.26. The van der Waals surface area contributed by atoms with Crippen LogP contribution in [-0.2, 0) is 16.6 Å². The van der Waals surface area contributed by atoms with E-state index >= 15 is 0 Å². The molecule has 1 N–H and O–H groups in total. The number of carbonyl (C=O) groups is 1. The van der Waals surface area contributed by atoms with Crippen LogP contribution in [0.3, 0.4) is 0 Å². The number of aliphatic hydroxyl groups is 1. The van der Waals surface area contributed by atoms with E-state index in [4.69, 9.17) is 4.52 Å². The standard InChI is InChI=1S/C16H27N3O3/c1-16(2,3)15-17-13(22-18-15)8-9-14(21)19(4)10-11-6-5-7-12(11)20/h11-12,20H,5-10H2,1-4H3. The van der Waals surface area contributed by atoms with Crippen LogP contribution >= 0.6 is 0 Å². The van der Waals surface area contributed by atoms with Gasteiger partial charge in [0.1, 0.15) is 0 Å². The van der Waals surface area contributed by atoms with Gasteiger partial charge in [-0.2, -0.15) is 4.98 Å². The molecular weight excluding hydrogens is 282 g/mol.